The number of aromatic nitrogens is 3. The molecule has 0 amide bonds. The molecule has 6 nitrogen and oxygen atoms in total. The number of aromatic amines is 1. The molecule has 0 bridgehead atoms. The summed E-state index contributed by atoms with van der Waals surface area (Å²) in [6.07, 6.45) is 0. The Kier molecular flexibility index (Phi) is 4.37. The molecule has 2 aromatic heterocycles. The third kappa shape index (κ3) is 2.96. The first-order chi connectivity index (χ1) is 15.3. The molecule has 2 heterocycles. The number of para-hydroxylation sites is 1. The Morgan fingerprint density at radius 3 is 2.44 bits per heavy atom. The second kappa shape index (κ2) is 7.12. The number of fused-ring (bicyclic) bond motifs is 3. The van der Waals surface area contributed by atoms with Crippen molar-refractivity contribution in [3.05, 3.63) is 93.8 Å². The minimum atomic E-state index is -1.08. The van der Waals surface area contributed by atoms with Crippen molar-refractivity contribution in [2.24, 2.45) is 0 Å². The van der Waals surface area contributed by atoms with Crippen LogP contribution >= 0.6 is 0 Å². The van der Waals surface area contributed by atoms with Crippen molar-refractivity contribution in [2.45, 2.75) is 6.92 Å². The molecular formula is C24H15F2N3O3. The fourth-order valence-electron chi connectivity index (χ4n) is 3.84. The van der Waals surface area contributed by atoms with Crippen molar-refractivity contribution in [1.82, 2.24) is 14.8 Å². The molecule has 0 unspecified atom stereocenters. The number of aromatic carboxylic acids is 1. The van der Waals surface area contributed by atoms with Gasteiger partial charge < -0.3 is 5.11 Å². The quantitative estimate of drug-likeness (QED) is 0.429. The van der Waals surface area contributed by atoms with Crippen molar-refractivity contribution in [3.63, 3.8) is 0 Å². The van der Waals surface area contributed by atoms with Crippen LogP contribution in [0.4, 0.5) is 8.78 Å². The highest BCUT2D eigenvalue weighted by Crippen LogP contribution is 2.32. The van der Waals surface area contributed by atoms with Crippen LogP contribution in [0.25, 0.3) is 38.8 Å². The number of nitrogens with one attached hydrogen (secondary N) is 1. The van der Waals surface area contributed by atoms with Crippen molar-refractivity contribution in [1.29, 1.82) is 0 Å². The highest BCUT2D eigenvalue weighted by atomic mass is 19.2. The largest absolute Gasteiger partial charge is 0.478 e. The molecule has 32 heavy (non-hydrogen) atoms. The highest BCUT2D eigenvalue weighted by Gasteiger charge is 2.21. The summed E-state index contributed by atoms with van der Waals surface area (Å²) in [4.78, 5) is 29.2. The van der Waals surface area contributed by atoms with Crippen LogP contribution in [-0.2, 0) is 0 Å². The van der Waals surface area contributed by atoms with Gasteiger partial charge in [-0.1, -0.05) is 18.2 Å². The van der Waals surface area contributed by atoms with E-state index < -0.39 is 23.2 Å². The van der Waals surface area contributed by atoms with Gasteiger partial charge in [-0.05, 0) is 55.0 Å². The maximum Gasteiger partial charge on any atom is 0.335 e. The van der Waals surface area contributed by atoms with Gasteiger partial charge in [-0.3, -0.25) is 9.89 Å². The van der Waals surface area contributed by atoms with E-state index in [0.29, 0.717) is 33.2 Å². The molecule has 158 valence electrons. The number of carbonyl (C=O) groups is 1. The Labute approximate surface area is 179 Å². The first kappa shape index (κ1) is 19.6. The van der Waals surface area contributed by atoms with Crippen LogP contribution < -0.4 is 5.56 Å². The SMILES string of the molecule is Cc1cc(F)c(F)cc1-c1nc2ccccc2c2[nH]n(-c3ccc(C(=O)O)cc3)c(=O)c12. The zero-order valence-electron chi connectivity index (χ0n) is 16.7. The lowest BCUT2D eigenvalue weighted by Gasteiger charge is -2.09. The van der Waals surface area contributed by atoms with Gasteiger partial charge in [0.2, 0.25) is 0 Å². The number of nitrogens with zero attached hydrogens (tertiary/aromatic N) is 2. The number of rotatable bonds is 3. The fraction of sp³-hybridized carbons (Fsp3) is 0.0417. The molecular weight excluding hydrogens is 416 g/mol. The molecule has 2 N–H and O–H groups in total. The van der Waals surface area contributed by atoms with Crippen LogP contribution in [0, 0.1) is 18.6 Å². The normalized spacial score (nSPS) is 11.3. The molecule has 0 radical (unpaired) electrons. The standard InChI is InChI=1S/C24H15F2N3O3/c1-12-10-17(25)18(26)11-16(12)21-20-22(15-4-2-3-5-19(15)27-21)28-29(23(20)30)14-8-6-13(7-9-14)24(31)32/h2-11,28H,1H3,(H,31,32). The van der Waals surface area contributed by atoms with Gasteiger partial charge in [-0.2, -0.15) is 0 Å². The highest BCUT2D eigenvalue weighted by molar-refractivity contribution is 6.09. The predicted molar refractivity (Wildman–Crippen MR) is 116 cm³/mol. The van der Waals surface area contributed by atoms with E-state index >= 15 is 0 Å². The van der Waals surface area contributed by atoms with E-state index in [1.54, 1.807) is 25.1 Å². The average molecular weight is 431 g/mol. The monoisotopic (exact) mass is 431 g/mol. The van der Waals surface area contributed by atoms with Crippen molar-refractivity contribution < 1.29 is 18.7 Å². The predicted octanol–water partition coefficient (Wildman–Crippen LogP) is 4.82. The zero-order valence-corrected chi connectivity index (χ0v) is 16.7. The molecule has 0 spiro atoms. The number of H-pyrrole nitrogens is 1. The smallest absolute Gasteiger partial charge is 0.335 e. The Balaban J connectivity index is 1.86. The Hall–Kier alpha value is -4.33. The summed E-state index contributed by atoms with van der Waals surface area (Å²) in [7, 11) is 0. The molecule has 0 aliphatic heterocycles. The van der Waals surface area contributed by atoms with Gasteiger partial charge in [0.15, 0.2) is 11.6 Å². The van der Waals surface area contributed by atoms with E-state index in [1.807, 2.05) is 6.07 Å². The second-order valence-electron chi connectivity index (χ2n) is 7.41. The summed E-state index contributed by atoms with van der Waals surface area (Å²) < 4.78 is 29.1. The van der Waals surface area contributed by atoms with E-state index in [0.717, 1.165) is 12.1 Å². The maximum absolute atomic E-state index is 14.1. The number of pyridine rings is 1. The van der Waals surface area contributed by atoms with Crippen LogP contribution in [0.5, 0.6) is 0 Å². The molecule has 0 fully saturated rings. The molecule has 0 saturated heterocycles. The Bertz CT molecular complexity index is 1600. The van der Waals surface area contributed by atoms with E-state index in [2.05, 4.69) is 10.1 Å². The van der Waals surface area contributed by atoms with Gasteiger partial charge in [0.25, 0.3) is 5.56 Å². The van der Waals surface area contributed by atoms with Gasteiger partial charge in [0, 0.05) is 10.9 Å². The first-order valence-electron chi connectivity index (χ1n) is 9.68. The minimum absolute atomic E-state index is 0.0862. The second-order valence-corrected chi connectivity index (χ2v) is 7.41. The van der Waals surface area contributed by atoms with Crippen LogP contribution in [0.1, 0.15) is 15.9 Å². The summed E-state index contributed by atoms with van der Waals surface area (Å²) in [6.45, 7) is 1.62. The fourth-order valence-corrected chi connectivity index (χ4v) is 3.84. The summed E-state index contributed by atoms with van der Waals surface area (Å²) >= 11 is 0. The van der Waals surface area contributed by atoms with Gasteiger partial charge in [-0.15, -0.1) is 0 Å². The van der Waals surface area contributed by atoms with Crippen LogP contribution in [0.15, 0.2) is 65.5 Å². The minimum Gasteiger partial charge on any atom is -0.478 e. The van der Waals surface area contributed by atoms with Gasteiger partial charge in [0.1, 0.15) is 0 Å². The lowest BCUT2D eigenvalue weighted by Crippen LogP contribution is -2.15. The molecule has 0 atom stereocenters. The maximum atomic E-state index is 14.1. The third-order valence-corrected chi connectivity index (χ3v) is 5.43. The molecule has 0 aliphatic carbocycles. The van der Waals surface area contributed by atoms with Gasteiger partial charge in [0.05, 0.1) is 33.4 Å². The van der Waals surface area contributed by atoms with Crippen molar-refractivity contribution in [2.75, 3.05) is 0 Å². The van der Waals surface area contributed by atoms with E-state index in [4.69, 9.17) is 5.11 Å². The molecule has 3 aromatic carbocycles. The summed E-state index contributed by atoms with van der Waals surface area (Å²) in [5.74, 6) is -3.09. The van der Waals surface area contributed by atoms with Crippen LogP contribution in [0.2, 0.25) is 0 Å². The zero-order chi connectivity index (χ0) is 22.6. The van der Waals surface area contributed by atoms with Crippen LogP contribution in [0.3, 0.4) is 0 Å². The van der Waals surface area contributed by atoms with E-state index in [9.17, 15) is 18.4 Å². The first-order valence-corrected chi connectivity index (χ1v) is 9.68. The molecule has 8 heteroatoms. The lowest BCUT2D eigenvalue weighted by molar-refractivity contribution is 0.0697. The Morgan fingerprint density at radius 1 is 1.03 bits per heavy atom. The number of hydrogen-bond donors (Lipinski definition) is 2. The average Bonchev–Trinajstić information content (AvgIpc) is 3.13. The van der Waals surface area contributed by atoms with Crippen molar-refractivity contribution in [3.8, 4) is 16.9 Å². The number of hydrogen-bond acceptors (Lipinski definition) is 3. The number of aryl methyl sites for hydroxylation is 1. The molecule has 5 aromatic rings. The molecule has 0 saturated carbocycles. The molecule has 5 rings (SSSR count). The number of benzene rings is 3. The number of carboxylic acid groups (broad SMARTS) is 1. The third-order valence-electron chi connectivity index (χ3n) is 5.43. The van der Waals surface area contributed by atoms with Crippen molar-refractivity contribution >= 4 is 27.8 Å². The summed E-state index contributed by atoms with van der Waals surface area (Å²) in [6, 6.07) is 15.1. The topological polar surface area (TPSA) is 88.0 Å². The lowest BCUT2D eigenvalue weighted by atomic mass is 10.0. The summed E-state index contributed by atoms with van der Waals surface area (Å²) in [5, 5.41) is 13.1. The van der Waals surface area contributed by atoms with E-state index in [-0.39, 0.29) is 16.6 Å². The number of carboxylic acids is 1. The van der Waals surface area contributed by atoms with Crippen LogP contribution in [-0.4, -0.2) is 25.8 Å². The Morgan fingerprint density at radius 2 is 1.72 bits per heavy atom. The summed E-state index contributed by atoms with van der Waals surface area (Å²) in [5.41, 5.74) is 2.11. The van der Waals surface area contributed by atoms with Gasteiger partial charge >= 0.3 is 5.97 Å². The molecule has 0 aliphatic rings. The van der Waals surface area contributed by atoms with E-state index in [1.165, 1.54) is 28.9 Å². The number of halogens is 2. The van der Waals surface area contributed by atoms with Gasteiger partial charge in [-0.25, -0.2) is 23.2 Å².